The van der Waals surface area contributed by atoms with Crippen molar-refractivity contribution in [2.24, 2.45) is 11.7 Å². The minimum Gasteiger partial charge on any atom is -0.405 e. The number of allylic oxidation sites excluding steroid dienone is 5. The minimum atomic E-state index is 0.533. The van der Waals surface area contributed by atoms with Gasteiger partial charge in [-0.1, -0.05) is 45.9 Å². The predicted molar refractivity (Wildman–Crippen MR) is 62.4 cm³/mol. The molecule has 0 spiro atoms. The van der Waals surface area contributed by atoms with Gasteiger partial charge in [0.15, 0.2) is 0 Å². The quantitative estimate of drug-likeness (QED) is 0.661. The number of hydrogen-bond donors (Lipinski definition) is 1. The first-order valence-electron chi connectivity index (χ1n) is 4.93. The van der Waals surface area contributed by atoms with Gasteiger partial charge in [0.05, 0.1) is 0 Å². The van der Waals surface area contributed by atoms with Crippen molar-refractivity contribution in [1.29, 1.82) is 0 Å². The monoisotopic (exact) mass is 181 g/mol. The summed E-state index contributed by atoms with van der Waals surface area (Å²) in [6.07, 6.45) is 9.62. The third-order valence-corrected chi connectivity index (χ3v) is 1.44. The van der Waals surface area contributed by atoms with Crippen LogP contribution in [0.15, 0.2) is 36.1 Å². The topological polar surface area (TPSA) is 26.0 Å². The molecular weight excluding hydrogens is 158 g/mol. The fourth-order valence-corrected chi connectivity index (χ4v) is 0.759. The van der Waals surface area contributed by atoms with E-state index in [0.29, 0.717) is 5.92 Å². The zero-order valence-corrected chi connectivity index (χ0v) is 9.54. The summed E-state index contributed by atoms with van der Waals surface area (Å²) in [5, 5.41) is 0. The summed E-state index contributed by atoms with van der Waals surface area (Å²) in [7, 11) is 0. The Bertz CT molecular complexity index is 174. The van der Waals surface area contributed by atoms with Gasteiger partial charge in [-0.15, -0.1) is 0 Å². The number of hydrogen-bond acceptors (Lipinski definition) is 1. The summed E-state index contributed by atoms with van der Waals surface area (Å²) >= 11 is 0. The van der Waals surface area contributed by atoms with Crippen LogP contribution in [-0.4, -0.2) is 0 Å². The molecule has 0 aromatic carbocycles. The second-order valence-electron chi connectivity index (χ2n) is 2.71. The molecule has 0 aliphatic carbocycles. The maximum absolute atomic E-state index is 5.29. The van der Waals surface area contributed by atoms with Crippen molar-refractivity contribution >= 4 is 0 Å². The molecule has 0 atom stereocenters. The van der Waals surface area contributed by atoms with Crippen LogP contribution in [0.25, 0.3) is 0 Å². The van der Waals surface area contributed by atoms with Gasteiger partial charge < -0.3 is 5.73 Å². The standard InChI is InChI=1S/C10H17N.C2H6/c1-4-5-6-10(7-8-11)9(2)3;1-2/h4-9H,11H2,1-3H3;1-2H3/b5-4-,8-7-,10-6-;. The molecule has 0 aliphatic rings. The molecule has 0 saturated heterocycles. The van der Waals surface area contributed by atoms with E-state index in [2.05, 4.69) is 19.9 Å². The lowest BCUT2D eigenvalue weighted by Gasteiger charge is -2.03. The van der Waals surface area contributed by atoms with Gasteiger partial charge in [-0.2, -0.15) is 0 Å². The first kappa shape index (κ1) is 14.5. The molecule has 1 nitrogen and oxygen atoms in total. The molecule has 0 saturated carbocycles. The van der Waals surface area contributed by atoms with Gasteiger partial charge in [0.25, 0.3) is 0 Å². The maximum atomic E-state index is 5.29. The van der Waals surface area contributed by atoms with E-state index in [0.717, 1.165) is 0 Å². The van der Waals surface area contributed by atoms with E-state index in [1.54, 1.807) is 6.20 Å². The van der Waals surface area contributed by atoms with Gasteiger partial charge in [0.1, 0.15) is 0 Å². The maximum Gasteiger partial charge on any atom is -0.00595 e. The Labute approximate surface area is 83.0 Å². The SMILES string of the molecule is CC.C\C=C/C=C(/C=C\N)C(C)C. The molecule has 0 fully saturated rings. The Morgan fingerprint density at radius 2 is 1.77 bits per heavy atom. The Kier molecular flexibility index (Phi) is 12.3. The Morgan fingerprint density at radius 3 is 2.08 bits per heavy atom. The van der Waals surface area contributed by atoms with E-state index >= 15 is 0 Å². The van der Waals surface area contributed by atoms with E-state index in [1.165, 1.54) is 5.57 Å². The fourth-order valence-electron chi connectivity index (χ4n) is 0.759. The summed E-state index contributed by atoms with van der Waals surface area (Å²) in [4.78, 5) is 0. The van der Waals surface area contributed by atoms with Crippen LogP contribution in [0.3, 0.4) is 0 Å². The molecule has 1 heteroatoms. The Morgan fingerprint density at radius 1 is 1.23 bits per heavy atom. The van der Waals surface area contributed by atoms with Crippen LogP contribution in [0.5, 0.6) is 0 Å². The average Bonchev–Trinajstić information content (AvgIpc) is 2.15. The summed E-state index contributed by atoms with van der Waals surface area (Å²) in [5.74, 6) is 0.533. The first-order valence-corrected chi connectivity index (χ1v) is 4.93. The molecular formula is C12H23N. The van der Waals surface area contributed by atoms with Gasteiger partial charge in [-0.25, -0.2) is 0 Å². The molecule has 0 unspecified atom stereocenters. The number of nitrogens with two attached hydrogens (primary N) is 1. The number of rotatable bonds is 3. The summed E-state index contributed by atoms with van der Waals surface area (Å²) in [6.45, 7) is 10.3. The molecule has 2 N–H and O–H groups in total. The van der Waals surface area contributed by atoms with Crippen molar-refractivity contribution in [2.75, 3.05) is 0 Å². The van der Waals surface area contributed by atoms with E-state index in [1.807, 2.05) is 39.0 Å². The van der Waals surface area contributed by atoms with Gasteiger partial charge in [-0.05, 0) is 30.7 Å². The second kappa shape index (κ2) is 11.0. The van der Waals surface area contributed by atoms with Crippen LogP contribution in [-0.2, 0) is 0 Å². The van der Waals surface area contributed by atoms with Crippen molar-refractivity contribution in [3.8, 4) is 0 Å². The van der Waals surface area contributed by atoms with Gasteiger partial charge in [-0.3, -0.25) is 0 Å². The summed E-state index contributed by atoms with van der Waals surface area (Å²) in [6, 6.07) is 0. The summed E-state index contributed by atoms with van der Waals surface area (Å²) < 4.78 is 0. The highest BCUT2D eigenvalue weighted by Crippen LogP contribution is 2.10. The van der Waals surface area contributed by atoms with Crippen molar-refractivity contribution < 1.29 is 0 Å². The van der Waals surface area contributed by atoms with E-state index < -0.39 is 0 Å². The third kappa shape index (κ3) is 8.93. The molecule has 0 amide bonds. The molecule has 13 heavy (non-hydrogen) atoms. The predicted octanol–water partition coefficient (Wildman–Crippen LogP) is 3.64. The lowest BCUT2D eigenvalue weighted by atomic mass is 10.0. The zero-order valence-electron chi connectivity index (χ0n) is 9.54. The van der Waals surface area contributed by atoms with Crippen molar-refractivity contribution in [1.82, 2.24) is 0 Å². The van der Waals surface area contributed by atoms with Crippen LogP contribution in [0.2, 0.25) is 0 Å². The molecule has 0 bridgehead atoms. The minimum absolute atomic E-state index is 0.533. The first-order chi connectivity index (χ1) is 6.22. The average molecular weight is 181 g/mol. The van der Waals surface area contributed by atoms with Crippen molar-refractivity contribution in [2.45, 2.75) is 34.6 Å². The van der Waals surface area contributed by atoms with Crippen LogP contribution >= 0.6 is 0 Å². The molecule has 0 aliphatic heterocycles. The molecule has 0 radical (unpaired) electrons. The van der Waals surface area contributed by atoms with Gasteiger partial charge in [0.2, 0.25) is 0 Å². The molecule has 76 valence electrons. The van der Waals surface area contributed by atoms with E-state index in [9.17, 15) is 0 Å². The van der Waals surface area contributed by atoms with Gasteiger partial charge in [0, 0.05) is 0 Å². The molecule has 0 aromatic heterocycles. The summed E-state index contributed by atoms with van der Waals surface area (Å²) in [5.41, 5.74) is 6.55. The Balaban J connectivity index is 0. The lowest BCUT2D eigenvalue weighted by molar-refractivity contribution is 0.791. The van der Waals surface area contributed by atoms with Gasteiger partial charge >= 0.3 is 0 Å². The van der Waals surface area contributed by atoms with Crippen LogP contribution in [0.4, 0.5) is 0 Å². The van der Waals surface area contributed by atoms with Crippen LogP contribution in [0, 0.1) is 5.92 Å². The van der Waals surface area contributed by atoms with Crippen LogP contribution < -0.4 is 5.73 Å². The normalized spacial score (nSPS) is 12.3. The highest BCUT2D eigenvalue weighted by atomic mass is 14.5. The smallest absolute Gasteiger partial charge is 0.00595 e. The van der Waals surface area contributed by atoms with E-state index in [4.69, 9.17) is 5.73 Å². The second-order valence-corrected chi connectivity index (χ2v) is 2.71. The molecule has 0 heterocycles. The lowest BCUT2D eigenvalue weighted by Crippen LogP contribution is -1.91. The van der Waals surface area contributed by atoms with Crippen molar-refractivity contribution in [3.63, 3.8) is 0 Å². The molecule has 0 rings (SSSR count). The zero-order chi connectivity index (χ0) is 10.7. The van der Waals surface area contributed by atoms with Crippen LogP contribution in [0.1, 0.15) is 34.6 Å². The highest BCUT2D eigenvalue weighted by molar-refractivity contribution is 5.24. The van der Waals surface area contributed by atoms with E-state index in [-0.39, 0.29) is 0 Å². The molecule has 0 aromatic rings. The third-order valence-electron chi connectivity index (χ3n) is 1.44. The Hall–Kier alpha value is -0.980. The largest absolute Gasteiger partial charge is 0.405 e. The highest BCUT2D eigenvalue weighted by Gasteiger charge is 1.95. The van der Waals surface area contributed by atoms with Crippen molar-refractivity contribution in [3.05, 3.63) is 36.1 Å². The fraction of sp³-hybridized carbons (Fsp3) is 0.500.